The van der Waals surface area contributed by atoms with E-state index in [1.165, 1.54) is 0 Å². The van der Waals surface area contributed by atoms with E-state index in [2.05, 4.69) is 0 Å². The highest BCUT2D eigenvalue weighted by Crippen LogP contribution is 2.15. The van der Waals surface area contributed by atoms with Crippen molar-refractivity contribution in [3.8, 4) is 0 Å². The summed E-state index contributed by atoms with van der Waals surface area (Å²) in [6.45, 7) is 6.73. The molecule has 0 unspecified atom stereocenters. The molecule has 0 atom stereocenters. The van der Waals surface area contributed by atoms with Crippen molar-refractivity contribution in [1.29, 1.82) is 0 Å². The topological polar surface area (TPSA) is 46.3 Å². The van der Waals surface area contributed by atoms with Gasteiger partial charge in [0.25, 0.3) is 5.91 Å². The second kappa shape index (κ2) is 5.77. The third-order valence-corrected chi connectivity index (χ3v) is 2.84. The SMILES string of the molecule is CCN(CC(N)=S)C(=O)c1c(C)cccc1C. The smallest absolute Gasteiger partial charge is 0.254 e. The Morgan fingerprint density at radius 2 is 1.88 bits per heavy atom. The van der Waals surface area contributed by atoms with Crippen LogP contribution in [0.1, 0.15) is 28.4 Å². The van der Waals surface area contributed by atoms with Gasteiger partial charge in [-0.2, -0.15) is 0 Å². The number of carbonyl (C=O) groups is 1. The lowest BCUT2D eigenvalue weighted by atomic mass is 10.0. The third-order valence-electron chi connectivity index (χ3n) is 2.71. The fourth-order valence-electron chi connectivity index (χ4n) is 1.83. The number of likely N-dealkylation sites (N-methyl/N-ethyl adjacent to an activating group) is 1. The Labute approximate surface area is 108 Å². The van der Waals surface area contributed by atoms with Crippen molar-refractivity contribution in [2.45, 2.75) is 20.8 Å². The number of aryl methyl sites for hydroxylation is 2. The van der Waals surface area contributed by atoms with Crippen molar-refractivity contribution in [2.75, 3.05) is 13.1 Å². The van der Waals surface area contributed by atoms with Crippen LogP contribution in [0.15, 0.2) is 18.2 Å². The monoisotopic (exact) mass is 250 g/mol. The number of hydrogen-bond acceptors (Lipinski definition) is 2. The van der Waals surface area contributed by atoms with Gasteiger partial charge >= 0.3 is 0 Å². The summed E-state index contributed by atoms with van der Waals surface area (Å²) in [6, 6.07) is 5.83. The minimum atomic E-state index is -0.00380. The molecule has 1 aromatic carbocycles. The van der Waals surface area contributed by atoms with E-state index in [1.807, 2.05) is 39.0 Å². The Bertz CT molecular complexity index is 423. The first kappa shape index (κ1) is 13.6. The average Bonchev–Trinajstić information content (AvgIpc) is 2.25. The molecule has 0 bridgehead atoms. The molecule has 0 saturated carbocycles. The molecular weight excluding hydrogens is 232 g/mol. The molecule has 0 spiro atoms. The van der Waals surface area contributed by atoms with Crippen LogP contribution in [0.3, 0.4) is 0 Å². The number of hydrogen-bond donors (Lipinski definition) is 1. The van der Waals surface area contributed by atoms with Gasteiger partial charge in [0.1, 0.15) is 0 Å². The normalized spacial score (nSPS) is 10.1. The number of nitrogens with zero attached hydrogens (tertiary/aromatic N) is 1. The second-order valence-electron chi connectivity index (χ2n) is 4.05. The van der Waals surface area contributed by atoms with Gasteiger partial charge in [0.05, 0.1) is 11.5 Å². The number of benzene rings is 1. The van der Waals surface area contributed by atoms with Gasteiger partial charge in [-0.15, -0.1) is 0 Å². The standard InChI is InChI=1S/C13H18N2OS/c1-4-15(8-11(14)17)13(16)12-9(2)6-5-7-10(12)3/h5-7H,4,8H2,1-3H3,(H2,14,17). The predicted molar refractivity (Wildman–Crippen MR) is 74.3 cm³/mol. The number of nitrogens with two attached hydrogens (primary N) is 1. The van der Waals surface area contributed by atoms with Gasteiger partial charge < -0.3 is 10.6 Å². The van der Waals surface area contributed by atoms with E-state index in [0.717, 1.165) is 16.7 Å². The number of thiocarbonyl (C=S) groups is 1. The fourth-order valence-corrected chi connectivity index (χ4v) is 1.98. The Balaban J connectivity index is 3.06. The molecule has 0 heterocycles. The summed E-state index contributed by atoms with van der Waals surface area (Å²) >= 11 is 4.86. The third kappa shape index (κ3) is 3.27. The maximum absolute atomic E-state index is 12.4. The minimum absolute atomic E-state index is 0.00380. The number of rotatable bonds is 4. The summed E-state index contributed by atoms with van der Waals surface area (Å²) < 4.78 is 0. The van der Waals surface area contributed by atoms with E-state index in [0.29, 0.717) is 18.1 Å². The molecule has 1 aromatic rings. The maximum atomic E-state index is 12.4. The largest absolute Gasteiger partial charge is 0.392 e. The zero-order valence-electron chi connectivity index (χ0n) is 10.5. The highest BCUT2D eigenvalue weighted by atomic mass is 32.1. The summed E-state index contributed by atoms with van der Waals surface area (Å²) in [6.07, 6.45) is 0. The van der Waals surface area contributed by atoms with Gasteiger partial charge in [-0.1, -0.05) is 30.4 Å². The quantitative estimate of drug-likeness (QED) is 0.832. The zero-order chi connectivity index (χ0) is 13.0. The number of amides is 1. The van der Waals surface area contributed by atoms with Gasteiger partial charge in [-0.25, -0.2) is 0 Å². The Hall–Kier alpha value is -1.42. The summed E-state index contributed by atoms with van der Waals surface area (Å²) in [4.78, 5) is 14.4. The molecule has 0 fully saturated rings. The summed E-state index contributed by atoms with van der Waals surface area (Å²) in [5.74, 6) is -0.00380. The molecule has 0 aliphatic carbocycles. The second-order valence-corrected chi connectivity index (χ2v) is 4.58. The van der Waals surface area contributed by atoms with Crippen molar-refractivity contribution >= 4 is 23.1 Å². The molecule has 2 N–H and O–H groups in total. The Morgan fingerprint density at radius 3 is 2.29 bits per heavy atom. The van der Waals surface area contributed by atoms with Crippen molar-refractivity contribution in [3.05, 3.63) is 34.9 Å². The Kier molecular flexibility index (Phi) is 4.63. The van der Waals surface area contributed by atoms with Crippen LogP contribution in [-0.2, 0) is 0 Å². The molecule has 1 rings (SSSR count). The first-order valence-electron chi connectivity index (χ1n) is 5.61. The molecule has 0 aromatic heterocycles. The maximum Gasteiger partial charge on any atom is 0.254 e. The van der Waals surface area contributed by atoms with Crippen LogP contribution in [-0.4, -0.2) is 28.9 Å². The van der Waals surface area contributed by atoms with Crippen molar-refractivity contribution in [2.24, 2.45) is 5.73 Å². The van der Waals surface area contributed by atoms with Crippen LogP contribution < -0.4 is 5.73 Å². The van der Waals surface area contributed by atoms with E-state index in [9.17, 15) is 4.79 Å². The lowest BCUT2D eigenvalue weighted by Gasteiger charge is -2.22. The van der Waals surface area contributed by atoms with E-state index in [-0.39, 0.29) is 5.91 Å². The van der Waals surface area contributed by atoms with E-state index in [4.69, 9.17) is 18.0 Å². The van der Waals surface area contributed by atoms with E-state index in [1.54, 1.807) is 4.90 Å². The van der Waals surface area contributed by atoms with Crippen molar-refractivity contribution in [3.63, 3.8) is 0 Å². The molecule has 4 heteroatoms. The summed E-state index contributed by atoms with van der Waals surface area (Å²) in [7, 11) is 0. The van der Waals surface area contributed by atoms with Gasteiger partial charge in [0.15, 0.2) is 0 Å². The van der Waals surface area contributed by atoms with Crippen LogP contribution in [0.25, 0.3) is 0 Å². The van der Waals surface area contributed by atoms with Crippen molar-refractivity contribution in [1.82, 2.24) is 4.90 Å². The molecule has 0 saturated heterocycles. The fraction of sp³-hybridized carbons (Fsp3) is 0.385. The Morgan fingerprint density at radius 1 is 1.35 bits per heavy atom. The number of carbonyl (C=O) groups excluding carboxylic acids is 1. The molecule has 92 valence electrons. The highest BCUT2D eigenvalue weighted by Gasteiger charge is 2.18. The first-order valence-corrected chi connectivity index (χ1v) is 6.02. The van der Waals surface area contributed by atoms with Gasteiger partial charge in [0, 0.05) is 12.1 Å². The molecule has 3 nitrogen and oxygen atoms in total. The van der Waals surface area contributed by atoms with Crippen LogP contribution in [0.4, 0.5) is 0 Å². The molecule has 0 aliphatic heterocycles. The van der Waals surface area contributed by atoms with Crippen LogP contribution in [0.5, 0.6) is 0 Å². The van der Waals surface area contributed by atoms with Gasteiger partial charge in [-0.3, -0.25) is 4.79 Å². The summed E-state index contributed by atoms with van der Waals surface area (Å²) in [5, 5.41) is 0. The lowest BCUT2D eigenvalue weighted by molar-refractivity contribution is 0.0786. The van der Waals surface area contributed by atoms with E-state index < -0.39 is 0 Å². The first-order chi connectivity index (χ1) is 7.97. The molecular formula is C13H18N2OS. The van der Waals surface area contributed by atoms with E-state index >= 15 is 0 Å². The van der Waals surface area contributed by atoms with Gasteiger partial charge in [-0.05, 0) is 31.9 Å². The molecule has 0 aliphatic rings. The van der Waals surface area contributed by atoms with Gasteiger partial charge in [0.2, 0.25) is 0 Å². The molecule has 17 heavy (non-hydrogen) atoms. The summed E-state index contributed by atoms with van der Waals surface area (Å²) in [5.41, 5.74) is 8.22. The van der Waals surface area contributed by atoms with Crippen LogP contribution in [0.2, 0.25) is 0 Å². The van der Waals surface area contributed by atoms with Crippen LogP contribution >= 0.6 is 12.2 Å². The van der Waals surface area contributed by atoms with Crippen LogP contribution in [0, 0.1) is 13.8 Å². The van der Waals surface area contributed by atoms with Crippen molar-refractivity contribution < 1.29 is 4.79 Å². The predicted octanol–water partition coefficient (Wildman–Crippen LogP) is 2.05. The average molecular weight is 250 g/mol. The highest BCUT2D eigenvalue weighted by molar-refractivity contribution is 7.80. The molecule has 1 amide bonds. The lowest BCUT2D eigenvalue weighted by Crippen LogP contribution is -2.38. The molecule has 0 radical (unpaired) electrons. The minimum Gasteiger partial charge on any atom is -0.392 e. The zero-order valence-corrected chi connectivity index (χ0v) is 11.3.